The fourth-order valence-electron chi connectivity index (χ4n) is 3.25. The highest BCUT2D eigenvalue weighted by molar-refractivity contribution is 6.03. The summed E-state index contributed by atoms with van der Waals surface area (Å²) in [5.74, 6) is -4.86. The molecule has 0 saturated heterocycles. The highest BCUT2D eigenvalue weighted by Gasteiger charge is 2.25. The molecule has 2 heterocycles. The summed E-state index contributed by atoms with van der Waals surface area (Å²) >= 11 is 0. The summed E-state index contributed by atoms with van der Waals surface area (Å²) in [6, 6.07) is 5.35. The van der Waals surface area contributed by atoms with E-state index in [0.29, 0.717) is 24.9 Å². The summed E-state index contributed by atoms with van der Waals surface area (Å²) in [5.41, 5.74) is 0.389. The van der Waals surface area contributed by atoms with Gasteiger partial charge >= 0.3 is 0 Å². The first-order valence-electron chi connectivity index (χ1n) is 7.72. The molecule has 1 aliphatic heterocycles. The Balaban J connectivity index is 2.10. The van der Waals surface area contributed by atoms with Gasteiger partial charge in [-0.25, -0.2) is 17.6 Å². The van der Waals surface area contributed by atoms with Crippen molar-refractivity contribution in [2.24, 2.45) is 0 Å². The molecule has 3 nitrogen and oxygen atoms in total. The lowest BCUT2D eigenvalue weighted by Crippen LogP contribution is -2.22. The van der Waals surface area contributed by atoms with Crippen molar-refractivity contribution < 1.29 is 22.4 Å². The molecule has 0 atom stereocenters. The Morgan fingerprint density at radius 2 is 1.76 bits per heavy atom. The molecule has 1 amide bonds. The van der Waals surface area contributed by atoms with Gasteiger partial charge in [-0.3, -0.25) is 4.79 Å². The summed E-state index contributed by atoms with van der Waals surface area (Å²) in [5, 5.41) is 3.03. The maximum absolute atomic E-state index is 14.6. The van der Waals surface area contributed by atoms with E-state index in [1.165, 1.54) is 12.1 Å². The van der Waals surface area contributed by atoms with Gasteiger partial charge in [0.25, 0.3) is 5.91 Å². The molecular formula is C18H12F4N2O. The molecule has 1 N–H and O–H groups in total. The minimum atomic E-state index is -1.16. The fraction of sp³-hybridized carbons (Fsp3) is 0.167. The lowest BCUT2D eigenvalue weighted by molar-refractivity contribution is 0.0951. The number of rotatable bonds is 1. The number of amides is 1. The average Bonchev–Trinajstić information content (AvgIpc) is 2.83. The van der Waals surface area contributed by atoms with E-state index in [1.807, 2.05) is 0 Å². The maximum Gasteiger partial charge on any atom is 0.267 e. The van der Waals surface area contributed by atoms with Crippen LogP contribution in [0.2, 0.25) is 0 Å². The molecule has 128 valence electrons. The van der Waals surface area contributed by atoms with Gasteiger partial charge in [0.1, 0.15) is 5.69 Å². The first-order valence-corrected chi connectivity index (χ1v) is 7.72. The average molecular weight is 348 g/mol. The van der Waals surface area contributed by atoms with E-state index in [0.717, 1.165) is 18.2 Å². The molecule has 1 aliphatic rings. The Morgan fingerprint density at radius 3 is 2.52 bits per heavy atom. The van der Waals surface area contributed by atoms with Crippen LogP contribution in [0.15, 0.2) is 30.3 Å². The van der Waals surface area contributed by atoms with Crippen LogP contribution in [0.1, 0.15) is 16.9 Å². The molecule has 4 rings (SSSR count). The van der Waals surface area contributed by atoms with Crippen LogP contribution in [0.3, 0.4) is 0 Å². The predicted molar refractivity (Wildman–Crippen MR) is 84.2 cm³/mol. The quantitative estimate of drug-likeness (QED) is 0.663. The summed E-state index contributed by atoms with van der Waals surface area (Å²) in [4.78, 5) is 12.2. The molecule has 0 spiro atoms. The van der Waals surface area contributed by atoms with Gasteiger partial charge < -0.3 is 9.88 Å². The number of hydrogen-bond acceptors (Lipinski definition) is 1. The molecule has 25 heavy (non-hydrogen) atoms. The molecule has 0 unspecified atom stereocenters. The van der Waals surface area contributed by atoms with Gasteiger partial charge in [-0.05, 0) is 36.2 Å². The minimum absolute atomic E-state index is 0.00598. The second-order valence-electron chi connectivity index (χ2n) is 5.90. The van der Waals surface area contributed by atoms with Gasteiger partial charge in [-0.1, -0.05) is 6.07 Å². The van der Waals surface area contributed by atoms with Gasteiger partial charge in [0.2, 0.25) is 0 Å². The molecule has 0 fully saturated rings. The van der Waals surface area contributed by atoms with Crippen molar-refractivity contribution in [2.75, 3.05) is 6.54 Å². The molecular weight excluding hydrogens is 336 g/mol. The highest BCUT2D eigenvalue weighted by atomic mass is 19.2. The Morgan fingerprint density at radius 1 is 0.960 bits per heavy atom. The fourth-order valence-corrected chi connectivity index (χ4v) is 3.25. The van der Waals surface area contributed by atoms with Crippen LogP contribution in [-0.4, -0.2) is 17.0 Å². The Kier molecular flexibility index (Phi) is 3.52. The zero-order chi connectivity index (χ0) is 17.7. The number of benzene rings is 2. The Hall–Kier alpha value is -2.83. The monoisotopic (exact) mass is 348 g/mol. The van der Waals surface area contributed by atoms with Crippen LogP contribution in [0.5, 0.6) is 0 Å². The van der Waals surface area contributed by atoms with Crippen molar-refractivity contribution >= 4 is 16.8 Å². The zero-order valence-corrected chi connectivity index (χ0v) is 12.9. The number of carbonyl (C=O) groups is 1. The van der Waals surface area contributed by atoms with Crippen molar-refractivity contribution in [1.29, 1.82) is 0 Å². The van der Waals surface area contributed by atoms with Crippen LogP contribution >= 0.6 is 0 Å². The van der Waals surface area contributed by atoms with Gasteiger partial charge in [0.05, 0.1) is 5.52 Å². The van der Waals surface area contributed by atoms with E-state index in [9.17, 15) is 22.4 Å². The van der Waals surface area contributed by atoms with E-state index in [-0.39, 0.29) is 28.2 Å². The molecule has 3 aromatic rings. The Bertz CT molecular complexity index is 1030. The number of nitrogens with one attached hydrogen (secondary N) is 1. The number of nitrogens with zero attached hydrogens (tertiary/aromatic N) is 1. The number of hydrogen-bond donors (Lipinski definition) is 1. The van der Waals surface area contributed by atoms with Crippen LogP contribution < -0.4 is 5.32 Å². The molecule has 0 aliphatic carbocycles. The van der Waals surface area contributed by atoms with E-state index >= 15 is 0 Å². The topological polar surface area (TPSA) is 34.0 Å². The van der Waals surface area contributed by atoms with Crippen LogP contribution in [-0.2, 0) is 6.54 Å². The molecule has 7 heteroatoms. The van der Waals surface area contributed by atoms with Crippen LogP contribution in [0, 0.1) is 23.3 Å². The third-order valence-corrected chi connectivity index (χ3v) is 4.36. The van der Waals surface area contributed by atoms with Crippen molar-refractivity contribution in [3.63, 3.8) is 0 Å². The number of fused-ring (bicyclic) bond motifs is 3. The second-order valence-corrected chi connectivity index (χ2v) is 5.90. The summed E-state index contributed by atoms with van der Waals surface area (Å²) in [7, 11) is 0. The summed E-state index contributed by atoms with van der Waals surface area (Å²) < 4.78 is 57.1. The lowest BCUT2D eigenvalue weighted by atomic mass is 10.0. The minimum Gasteiger partial charge on any atom is -0.351 e. The maximum atomic E-state index is 14.6. The number of halogens is 4. The van der Waals surface area contributed by atoms with E-state index in [1.54, 1.807) is 4.57 Å². The Labute approximate surface area is 139 Å². The number of carbonyl (C=O) groups excluding carboxylic acids is 1. The summed E-state index contributed by atoms with van der Waals surface area (Å²) in [6.45, 7) is 0.880. The molecule has 0 saturated carbocycles. The summed E-state index contributed by atoms with van der Waals surface area (Å²) in [6.07, 6.45) is 0.610. The van der Waals surface area contributed by atoms with Crippen molar-refractivity contribution in [2.45, 2.75) is 13.0 Å². The molecule has 1 aromatic heterocycles. The number of aryl methyl sites for hydroxylation is 1. The van der Waals surface area contributed by atoms with Gasteiger partial charge in [-0.2, -0.15) is 0 Å². The van der Waals surface area contributed by atoms with E-state index < -0.39 is 23.3 Å². The third-order valence-electron chi connectivity index (χ3n) is 4.36. The largest absolute Gasteiger partial charge is 0.351 e. The molecule has 2 aromatic carbocycles. The third kappa shape index (κ3) is 2.38. The SMILES string of the molecule is O=C1NCCCn2c1cc1cc(F)c(F)c(-c3ccc(F)c(F)c3)c12. The first-order chi connectivity index (χ1) is 12.0. The second kappa shape index (κ2) is 5.61. The highest BCUT2D eigenvalue weighted by Crippen LogP contribution is 2.36. The van der Waals surface area contributed by atoms with Crippen molar-refractivity contribution in [3.05, 3.63) is 59.3 Å². The smallest absolute Gasteiger partial charge is 0.267 e. The van der Waals surface area contributed by atoms with Gasteiger partial charge in [-0.15, -0.1) is 0 Å². The van der Waals surface area contributed by atoms with E-state index in [4.69, 9.17) is 0 Å². The zero-order valence-electron chi connectivity index (χ0n) is 12.9. The van der Waals surface area contributed by atoms with Crippen molar-refractivity contribution in [1.82, 2.24) is 9.88 Å². The molecule has 0 bridgehead atoms. The van der Waals surface area contributed by atoms with E-state index in [2.05, 4.69) is 5.32 Å². The molecule has 0 radical (unpaired) electrons. The first kappa shape index (κ1) is 15.7. The predicted octanol–water partition coefficient (Wildman–Crippen LogP) is 4.00. The number of aromatic nitrogens is 1. The standard InChI is InChI=1S/C18H12F4N2O/c19-11-3-2-9(6-12(11)20)15-16(22)13(21)7-10-8-14-18(25)23-4-1-5-24(14)17(10)15/h2-3,6-8H,1,4-5H2,(H,23,25). The van der Waals surface area contributed by atoms with Gasteiger partial charge in [0.15, 0.2) is 23.3 Å². The van der Waals surface area contributed by atoms with Crippen LogP contribution in [0.4, 0.5) is 17.6 Å². The van der Waals surface area contributed by atoms with Crippen molar-refractivity contribution in [3.8, 4) is 11.1 Å². The normalized spacial score (nSPS) is 14.3. The van der Waals surface area contributed by atoms with Crippen LogP contribution in [0.25, 0.3) is 22.0 Å². The lowest BCUT2D eigenvalue weighted by Gasteiger charge is -2.12. The van der Waals surface area contributed by atoms with Gasteiger partial charge in [0, 0.05) is 24.0 Å².